The lowest BCUT2D eigenvalue weighted by Crippen LogP contribution is -2.46. The van der Waals surface area contributed by atoms with Gasteiger partial charge in [-0.05, 0) is 59.3 Å². The zero-order valence-corrected chi connectivity index (χ0v) is 19.8. The van der Waals surface area contributed by atoms with Crippen LogP contribution in [0.5, 0.6) is 0 Å². The van der Waals surface area contributed by atoms with Crippen molar-refractivity contribution in [3.8, 4) is 0 Å². The van der Waals surface area contributed by atoms with Crippen molar-refractivity contribution in [2.24, 2.45) is 5.92 Å². The van der Waals surface area contributed by atoms with Crippen molar-refractivity contribution in [2.75, 3.05) is 49.5 Å². The fourth-order valence-electron chi connectivity index (χ4n) is 4.89. The van der Waals surface area contributed by atoms with Gasteiger partial charge in [0.25, 0.3) is 5.91 Å². The van der Waals surface area contributed by atoms with Gasteiger partial charge in [-0.15, -0.1) is 0 Å². The van der Waals surface area contributed by atoms with Gasteiger partial charge in [0.15, 0.2) is 0 Å². The molecule has 0 saturated carbocycles. The van der Waals surface area contributed by atoms with E-state index >= 15 is 0 Å². The summed E-state index contributed by atoms with van der Waals surface area (Å²) in [5.74, 6) is 1.74. The Kier molecular flexibility index (Phi) is 6.44. The average molecular weight is 445 g/mol. The number of fused-ring (bicyclic) bond motifs is 3. The molecule has 1 N–H and O–H groups in total. The van der Waals surface area contributed by atoms with Gasteiger partial charge in [-0.3, -0.25) is 4.79 Å². The third-order valence-corrected chi connectivity index (χ3v) is 6.45. The predicted octanol–water partition coefficient (Wildman–Crippen LogP) is 2.98. The Hall–Kier alpha value is -2.58. The molecule has 4 rings (SSSR count). The minimum atomic E-state index is -0.485. The summed E-state index contributed by atoms with van der Waals surface area (Å²) in [6.45, 7) is 12.1. The van der Waals surface area contributed by atoms with Gasteiger partial charge in [-0.1, -0.05) is 0 Å². The molecule has 0 bridgehead atoms. The number of ether oxygens (including phenoxy) is 1. The molecule has 3 aliphatic heterocycles. The summed E-state index contributed by atoms with van der Waals surface area (Å²) in [7, 11) is 0. The van der Waals surface area contributed by atoms with Gasteiger partial charge >= 0.3 is 6.09 Å². The summed E-state index contributed by atoms with van der Waals surface area (Å²) in [6.07, 6.45) is 5.37. The molecular formula is C23H36N6O3. The van der Waals surface area contributed by atoms with Crippen LogP contribution in [-0.4, -0.2) is 82.7 Å². The Balaban J connectivity index is 1.44. The molecule has 0 aliphatic carbocycles. The molecule has 4 heterocycles. The van der Waals surface area contributed by atoms with E-state index in [9.17, 15) is 9.59 Å². The van der Waals surface area contributed by atoms with Crippen LogP contribution in [0.3, 0.4) is 0 Å². The van der Waals surface area contributed by atoms with E-state index in [1.165, 1.54) is 0 Å². The summed E-state index contributed by atoms with van der Waals surface area (Å²) in [6, 6.07) is 0.298. The normalized spacial score (nSPS) is 21.8. The van der Waals surface area contributed by atoms with Crippen LogP contribution in [0.1, 0.15) is 63.7 Å². The second kappa shape index (κ2) is 9.11. The molecule has 1 atom stereocenters. The van der Waals surface area contributed by atoms with Crippen molar-refractivity contribution >= 4 is 23.8 Å². The van der Waals surface area contributed by atoms with Gasteiger partial charge in [0, 0.05) is 51.5 Å². The average Bonchev–Trinajstić information content (AvgIpc) is 3.16. The Morgan fingerprint density at radius 2 is 1.97 bits per heavy atom. The van der Waals surface area contributed by atoms with Crippen LogP contribution in [0.4, 0.5) is 16.6 Å². The van der Waals surface area contributed by atoms with Crippen LogP contribution in [0, 0.1) is 5.92 Å². The molecule has 32 heavy (non-hydrogen) atoms. The van der Waals surface area contributed by atoms with E-state index in [0.717, 1.165) is 51.1 Å². The molecule has 2 amide bonds. The Morgan fingerprint density at radius 3 is 2.66 bits per heavy atom. The van der Waals surface area contributed by atoms with E-state index in [0.29, 0.717) is 43.1 Å². The fourth-order valence-corrected chi connectivity index (χ4v) is 4.89. The Bertz CT molecular complexity index is 847. The zero-order chi connectivity index (χ0) is 22.9. The molecule has 2 saturated heterocycles. The number of rotatable bonds is 4. The van der Waals surface area contributed by atoms with E-state index in [-0.39, 0.29) is 12.0 Å². The van der Waals surface area contributed by atoms with Gasteiger partial charge in [-0.2, -0.15) is 4.98 Å². The standard InChI is InChI=1S/C23H36N6O3/c1-5-24-21-25-13-18-19(26-21)29-10-6-7-17(29)15-28(20(18)30)14-16-8-11-27(12-9-16)22(31)32-23(2,3)4/h13,16-17H,5-12,14-15H2,1-4H3,(H,24,25,26)/t17-/m0/s1. The number of hydrogen-bond acceptors (Lipinski definition) is 7. The summed E-state index contributed by atoms with van der Waals surface area (Å²) >= 11 is 0. The summed E-state index contributed by atoms with van der Waals surface area (Å²) in [4.78, 5) is 41.0. The molecule has 176 valence electrons. The summed E-state index contributed by atoms with van der Waals surface area (Å²) < 4.78 is 5.51. The number of anilines is 2. The molecule has 2 fully saturated rings. The minimum absolute atomic E-state index is 0.0204. The number of piperidine rings is 1. The van der Waals surface area contributed by atoms with E-state index in [1.54, 1.807) is 11.1 Å². The van der Waals surface area contributed by atoms with Crippen molar-refractivity contribution in [3.05, 3.63) is 11.8 Å². The van der Waals surface area contributed by atoms with E-state index in [4.69, 9.17) is 9.72 Å². The maximum atomic E-state index is 13.5. The lowest BCUT2D eigenvalue weighted by Gasteiger charge is -2.36. The maximum Gasteiger partial charge on any atom is 0.410 e. The number of likely N-dealkylation sites (tertiary alicyclic amines) is 1. The van der Waals surface area contributed by atoms with Crippen LogP contribution in [-0.2, 0) is 4.74 Å². The monoisotopic (exact) mass is 444 g/mol. The zero-order valence-electron chi connectivity index (χ0n) is 19.8. The number of nitrogens with zero attached hydrogens (tertiary/aromatic N) is 5. The summed E-state index contributed by atoms with van der Waals surface area (Å²) in [5.41, 5.74) is 0.115. The number of carbonyl (C=O) groups is 2. The largest absolute Gasteiger partial charge is 0.444 e. The second-order valence-corrected chi connectivity index (χ2v) is 10.1. The second-order valence-electron chi connectivity index (χ2n) is 10.1. The van der Waals surface area contributed by atoms with Gasteiger partial charge in [0.1, 0.15) is 17.0 Å². The SMILES string of the molecule is CCNc1ncc2c(n1)N1CCC[C@H]1CN(CC1CCN(C(=O)OC(C)(C)C)CC1)C2=O. The van der Waals surface area contributed by atoms with Crippen molar-refractivity contribution in [3.63, 3.8) is 0 Å². The van der Waals surface area contributed by atoms with Crippen LogP contribution >= 0.6 is 0 Å². The number of amides is 2. The number of nitrogens with one attached hydrogen (secondary N) is 1. The predicted molar refractivity (Wildman–Crippen MR) is 123 cm³/mol. The Morgan fingerprint density at radius 1 is 1.22 bits per heavy atom. The first kappa shape index (κ1) is 22.6. The number of hydrogen-bond donors (Lipinski definition) is 1. The fraction of sp³-hybridized carbons (Fsp3) is 0.739. The van der Waals surface area contributed by atoms with Crippen molar-refractivity contribution in [2.45, 2.75) is 65.0 Å². The van der Waals surface area contributed by atoms with Crippen molar-refractivity contribution in [1.29, 1.82) is 0 Å². The van der Waals surface area contributed by atoms with Crippen LogP contribution < -0.4 is 10.2 Å². The molecule has 3 aliphatic rings. The third kappa shape index (κ3) is 4.91. The first-order chi connectivity index (χ1) is 15.2. The highest BCUT2D eigenvalue weighted by atomic mass is 16.6. The van der Waals surface area contributed by atoms with Crippen molar-refractivity contribution < 1.29 is 14.3 Å². The molecule has 0 aromatic carbocycles. The van der Waals surface area contributed by atoms with E-state index < -0.39 is 5.60 Å². The third-order valence-electron chi connectivity index (χ3n) is 6.45. The van der Waals surface area contributed by atoms with Gasteiger partial charge in [0.05, 0.1) is 0 Å². The first-order valence-electron chi connectivity index (χ1n) is 11.9. The van der Waals surface area contributed by atoms with Crippen molar-refractivity contribution in [1.82, 2.24) is 19.8 Å². The van der Waals surface area contributed by atoms with Gasteiger partial charge in [-0.25, -0.2) is 9.78 Å². The summed E-state index contributed by atoms with van der Waals surface area (Å²) in [5, 5.41) is 3.16. The highest BCUT2D eigenvalue weighted by molar-refractivity contribution is 5.99. The van der Waals surface area contributed by atoms with E-state index in [1.807, 2.05) is 32.6 Å². The minimum Gasteiger partial charge on any atom is -0.444 e. The van der Waals surface area contributed by atoms with Crippen LogP contribution in [0.25, 0.3) is 0 Å². The molecule has 1 aromatic rings. The lowest BCUT2D eigenvalue weighted by molar-refractivity contribution is 0.0166. The molecule has 0 radical (unpaired) electrons. The smallest absolute Gasteiger partial charge is 0.410 e. The first-order valence-corrected chi connectivity index (χ1v) is 11.9. The highest BCUT2D eigenvalue weighted by Crippen LogP contribution is 2.33. The maximum absolute atomic E-state index is 13.5. The molecule has 0 spiro atoms. The molecule has 0 unspecified atom stereocenters. The molecule has 9 nitrogen and oxygen atoms in total. The Labute approximate surface area is 190 Å². The highest BCUT2D eigenvalue weighted by Gasteiger charge is 2.38. The van der Waals surface area contributed by atoms with Gasteiger partial charge in [0.2, 0.25) is 5.95 Å². The molecule has 9 heteroatoms. The molecule has 1 aromatic heterocycles. The number of carbonyl (C=O) groups excluding carboxylic acids is 2. The van der Waals surface area contributed by atoms with Crippen LogP contribution in [0.15, 0.2) is 6.20 Å². The number of aromatic nitrogens is 2. The van der Waals surface area contributed by atoms with Gasteiger partial charge < -0.3 is 24.8 Å². The molecular weight excluding hydrogens is 408 g/mol. The lowest BCUT2D eigenvalue weighted by atomic mass is 9.96. The quantitative estimate of drug-likeness (QED) is 0.763. The van der Waals surface area contributed by atoms with E-state index in [2.05, 4.69) is 15.2 Å². The van der Waals surface area contributed by atoms with Crippen LogP contribution in [0.2, 0.25) is 0 Å². The topological polar surface area (TPSA) is 90.9 Å².